The van der Waals surface area contributed by atoms with Crippen molar-refractivity contribution in [2.45, 2.75) is 29.6 Å². The largest absolute Gasteiger partial charge is 0.612 e. The molecule has 2 aromatic carbocycles. The predicted molar refractivity (Wildman–Crippen MR) is 99.6 cm³/mol. The van der Waals surface area contributed by atoms with E-state index in [0.717, 1.165) is 21.7 Å². The number of hydrogen-bond donors (Lipinski definition) is 0. The molecule has 1 heterocycles. The monoisotopic (exact) mass is 376 g/mol. The smallest absolute Gasteiger partial charge is 0.279 e. The van der Waals surface area contributed by atoms with E-state index in [9.17, 15) is 13.0 Å². The highest BCUT2D eigenvalue weighted by molar-refractivity contribution is 7.90. The Morgan fingerprint density at radius 1 is 1.08 bits per heavy atom. The van der Waals surface area contributed by atoms with E-state index in [4.69, 9.17) is 0 Å². The molecule has 132 valence electrons. The van der Waals surface area contributed by atoms with Gasteiger partial charge in [-0.3, -0.25) is 0 Å². The molecule has 0 aromatic heterocycles. The van der Waals surface area contributed by atoms with Crippen LogP contribution in [0.1, 0.15) is 24.0 Å². The van der Waals surface area contributed by atoms with Crippen LogP contribution in [0.4, 0.5) is 0 Å². The average molecular weight is 377 g/mol. The second-order valence-electron chi connectivity index (χ2n) is 5.99. The summed E-state index contributed by atoms with van der Waals surface area (Å²) in [6.07, 6.45) is 3.06. The van der Waals surface area contributed by atoms with Crippen molar-refractivity contribution in [1.82, 2.24) is 4.41 Å². The van der Waals surface area contributed by atoms with Crippen molar-refractivity contribution in [2.75, 3.05) is 12.8 Å². The minimum Gasteiger partial charge on any atom is -0.612 e. The van der Waals surface area contributed by atoms with Gasteiger partial charge >= 0.3 is 0 Å². The van der Waals surface area contributed by atoms with Gasteiger partial charge in [0.1, 0.15) is 6.26 Å². The lowest BCUT2D eigenvalue weighted by Crippen LogP contribution is -2.32. The van der Waals surface area contributed by atoms with Gasteiger partial charge in [-0.05, 0) is 72.9 Å². The fourth-order valence-corrected chi connectivity index (χ4v) is 4.48. The van der Waals surface area contributed by atoms with Gasteiger partial charge in [-0.25, -0.2) is 0 Å². The lowest BCUT2D eigenvalue weighted by Gasteiger charge is -2.25. The number of hydrogen-bond acceptors (Lipinski definition) is 4. The van der Waals surface area contributed by atoms with Crippen molar-refractivity contribution in [3.8, 4) is 0 Å². The van der Waals surface area contributed by atoms with Gasteiger partial charge in [0.2, 0.25) is 0 Å². The van der Waals surface area contributed by atoms with Crippen molar-refractivity contribution >= 4 is 26.9 Å². The minimum atomic E-state index is -3.64. The number of nitrogens with zero attached hydrogens (tertiary/aromatic N) is 2. The maximum absolute atomic E-state index is 12.8. The SMILES string of the molecule is Cc1ccc(S(=O)(=O)N2CCCC(c3ccc([S+](C)[O-])cc3)=N2)cc1. The first-order valence-electron chi connectivity index (χ1n) is 7.99. The third kappa shape index (κ3) is 3.89. The Morgan fingerprint density at radius 3 is 2.32 bits per heavy atom. The van der Waals surface area contributed by atoms with E-state index in [0.29, 0.717) is 19.4 Å². The van der Waals surface area contributed by atoms with Crippen molar-refractivity contribution < 1.29 is 13.0 Å². The summed E-state index contributed by atoms with van der Waals surface area (Å²) >= 11 is -1.04. The van der Waals surface area contributed by atoms with Crippen LogP contribution in [-0.2, 0) is 21.2 Å². The van der Waals surface area contributed by atoms with Crippen LogP contribution in [0.2, 0.25) is 0 Å². The van der Waals surface area contributed by atoms with Gasteiger partial charge in [0.15, 0.2) is 4.90 Å². The van der Waals surface area contributed by atoms with Gasteiger partial charge < -0.3 is 4.55 Å². The molecule has 0 N–H and O–H groups in total. The van der Waals surface area contributed by atoms with Gasteiger partial charge in [-0.2, -0.15) is 17.9 Å². The van der Waals surface area contributed by atoms with Crippen LogP contribution in [0.5, 0.6) is 0 Å². The average Bonchev–Trinajstić information content (AvgIpc) is 2.62. The van der Waals surface area contributed by atoms with Gasteiger partial charge in [-0.1, -0.05) is 17.7 Å². The molecule has 0 amide bonds. The van der Waals surface area contributed by atoms with Crippen LogP contribution in [0.25, 0.3) is 0 Å². The Hall–Kier alpha value is -1.83. The van der Waals surface area contributed by atoms with Gasteiger partial charge in [0, 0.05) is 0 Å². The first-order valence-corrected chi connectivity index (χ1v) is 11.0. The Bertz CT molecular complexity index is 874. The van der Waals surface area contributed by atoms with E-state index in [-0.39, 0.29) is 4.90 Å². The molecule has 1 unspecified atom stereocenters. The van der Waals surface area contributed by atoms with Crippen LogP contribution >= 0.6 is 0 Å². The number of hydrazone groups is 1. The summed E-state index contributed by atoms with van der Waals surface area (Å²) in [4.78, 5) is 0.990. The van der Waals surface area contributed by atoms with E-state index >= 15 is 0 Å². The third-order valence-electron chi connectivity index (χ3n) is 4.11. The fraction of sp³-hybridized carbons (Fsp3) is 0.278. The molecule has 2 aromatic rings. The Morgan fingerprint density at radius 2 is 1.72 bits per heavy atom. The summed E-state index contributed by atoms with van der Waals surface area (Å²) in [7, 11) is -3.64. The van der Waals surface area contributed by atoms with Gasteiger partial charge in [0.25, 0.3) is 10.0 Å². The van der Waals surface area contributed by atoms with Gasteiger partial charge in [-0.15, -0.1) is 0 Å². The quantitative estimate of drug-likeness (QED) is 0.770. The molecule has 7 heteroatoms. The molecule has 1 aliphatic heterocycles. The molecule has 1 aliphatic rings. The number of rotatable bonds is 4. The second kappa shape index (κ2) is 7.19. The highest BCUT2D eigenvalue weighted by Gasteiger charge is 2.26. The third-order valence-corrected chi connectivity index (χ3v) is 6.73. The van der Waals surface area contributed by atoms with Crippen LogP contribution in [0.15, 0.2) is 63.4 Å². The molecule has 25 heavy (non-hydrogen) atoms. The number of aryl methyl sites for hydroxylation is 1. The van der Waals surface area contributed by atoms with Crippen molar-refractivity contribution in [1.29, 1.82) is 0 Å². The van der Waals surface area contributed by atoms with Crippen molar-refractivity contribution in [3.05, 3.63) is 59.7 Å². The Labute approximate surface area is 151 Å². The zero-order valence-electron chi connectivity index (χ0n) is 14.2. The first kappa shape index (κ1) is 18.0. The molecule has 0 radical (unpaired) electrons. The molecule has 0 aliphatic carbocycles. The molecule has 0 bridgehead atoms. The predicted octanol–water partition coefficient (Wildman–Crippen LogP) is 2.92. The summed E-state index contributed by atoms with van der Waals surface area (Å²) in [5.41, 5.74) is 2.60. The summed E-state index contributed by atoms with van der Waals surface area (Å²) in [5.74, 6) is 0. The fourth-order valence-electron chi connectivity index (χ4n) is 2.66. The molecule has 1 atom stereocenters. The molecule has 0 spiro atoms. The highest BCUT2D eigenvalue weighted by Crippen LogP contribution is 2.23. The van der Waals surface area contributed by atoms with E-state index in [1.165, 1.54) is 4.41 Å². The molecular formula is C18H20N2O3S2. The highest BCUT2D eigenvalue weighted by atomic mass is 32.2. The lowest BCUT2D eigenvalue weighted by atomic mass is 10.1. The maximum atomic E-state index is 12.8. The van der Waals surface area contributed by atoms with E-state index in [1.807, 2.05) is 19.1 Å². The van der Waals surface area contributed by atoms with E-state index in [1.54, 1.807) is 42.7 Å². The molecular weight excluding hydrogens is 356 g/mol. The standard InChI is InChI=1S/C18H20N2O3S2/c1-14-5-11-17(12-6-14)25(22,23)20-13-3-4-18(19-20)15-7-9-16(10-8-15)24(2)21/h5-12H,3-4,13H2,1-2H3. The Kier molecular flexibility index (Phi) is 5.17. The molecule has 3 rings (SSSR count). The summed E-state index contributed by atoms with van der Waals surface area (Å²) in [6, 6.07) is 14.1. The normalized spacial score (nSPS) is 16.4. The lowest BCUT2D eigenvalue weighted by molar-refractivity contribution is 0.410. The number of sulfonamides is 1. The van der Waals surface area contributed by atoms with Gasteiger partial charge in [0.05, 0.1) is 17.2 Å². The molecule has 0 fully saturated rings. The van der Waals surface area contributed by atoms with Crippen LogP contribution in [0.3, 0.4) is 0 Å². The summed E-state index contributed by atoms with van der Waals surface area (Å²) in [5, 5.41) is 4.38. The molecule has 5 nitrogen and oxygen atoms in total. The van der Waals surface area contributed by atoms with Crippen LogP contribution < -0.4 is 0 Å². The minimum absolute atomic E-state index is 0.250. The number of benzene rings is 2. The Balaban J connectivity index is 1.90. The maximum Gasteiger partial charge on any atom is 0.279 e. The van der Waals surface area contributed by atoms with E-state index in [2.05, 4.69) is 5.10 Å². The van der Waals surface area contributed by atoms with Crippen LogP contribution in [-0.4, -0.2) is 35.9 Å². The first-order chi connectivity index (χ1) is 11.9. The summed E-state index contributed by atoms with van der Waals surface area (Å²) < 4.78 is 38.3. The second-order valence-corrected chi connectivity index (χ2v) is 9.22. The zero-order valence-corrected chi connectivity index (χ0v) is 15.8. The molecule has 0 saturated heterocycles. The van der Waals surface area contributed by atoms with Crippen molar-refractivity contribution in [2.24, 2.45) is 5.10 Å². The molecule has 0 saturated carbocycles. The zero-order chi connectivity index (χ0) is 18.0. The van der Waals surface area contributed by atoms with Crippen molar-refractivity contribution in [3.63, 3.8) is 0 Å². The van der Waals surface area contributed by atoms with Crippen LogP contribution in [0, 0.1) is 6.92 Å². The summed E-state index contributed by atoms with van der Waals surface area (Å²) in [6.45, 7) is 2.29. The topological polar surface area (TPSA) is 72.8 Å². The van der Waals surface area contributed by atoms with E-state index < -0.39 is 21.2 Å².